The van der Waals surface area contributed by atoms with Crippen molar-refractivity contribution in [2.24, 2.45) is 5.73 Å². The average Bonchev–Trinajstić information content (AvgIpc) is 2.38. The Bertz CT molecular complexity index is 352. The molecule has 0 fully saturated rings. The Morgan fingerprint density at radius 1 is 1.33 bits per heavy atom. The van der Waals surface area contributed by atoms with Gasteiger partial charge in [-0.15, -0.1) is 0 Å². The lowest BCUT2D eigenvalue weighted by Crippen LogP contribution is -2.39. The summed E-state index contributed by atoms with van der Waals surface area (Å²) in [6.07, 6.45) is 1.14. The lowest BCUT2D eigenvalue weighted by Gasteiger charge is -2.33. The molecular weight excluding hydrogens is 224 g/mol. The zero-order valence-electron chi connectivity index (χ0n) is 12.0. The molecule has 2 N–H and O–H groups in total. The molecule has 0 aromatic heterocycles. The third kappa shape index (κ3) is 3.72. The van der Waals surface area contributed by atoms with Gasteiger partial charge in [0.2, 0.25) is 0 Å². The van der Waals surface area contributed by atoms with E-state index in [-0.39, 0.29) is 12.1 Å². The number of hydrogen-bond acceptors (Lipinski definition) is 3. The number of likely N-dealkylation sites (N-methyl/N-ethyl adjacent to an activating group) is 1. The van der Waals surface area contributed by atoms with Crippen LogP contribution in [-0.2, 0) is 0 Å². The van der Waals surface area contributed by atoms with Crippen molar-refractivity contribution < 1.29 is 4.74 Å². The van der Waals surface area contributed by atoms with Gasteiger partial charge >= 0.3 is 0 Å². The fraction of sp³-hybridized carbons (Fsp3) is 0.600. The summed E-state index contributed by atoms with van der Waals surface area (Å²) in [5.74, 6) is 0.894. The fourth-order valence-corrected chi connectivity index (χ4v) is 2.45. The molecule has 0 bridgehead atoms. The molecule has 0 aliphatic rings. The minimum Gasteiger partial charge on any atom is -0.497 e. The van der Waals surface area contributed by atoms with E-state index >= 15 is 0 Å². The van der Waals surface area contributed by atoms with Crippen LogP contribution in [0.5, 0.6) is 5.75 Å². The molecule has 1 aromatic carbocycles. The molecule has 18 heavy (non-hydrogen) atoms. The van der Waals surface area contributed by atoms with Gasteiger partial charge in [-0.2, -0.15) is 0 Å². The van der Waals surface area contributed by atoms with E-state index in [4.69, 9.17) is 10.5 Å². The van der Waals surface area contributed by atoms with Crippen molar-refractivity contribution in [3.63, 3.8) is 0 Å². The summed E-state index contributed by atoms with van der Waals surface area (Å²) in [4.78, 5) is 2.43. The first kappa shape index (κ1) is 15.0. The Morgan fingerprint density at radius 2 is 2.06 bits per heavy atom. The predicted octanol–water partition coefficient (Wildman–Crippen LogP) is 2.82. The van der Waals surface area contributed by atoms with E-state index in [1.165, 1.54) is 5.56 Å². The van der Waals surface area contributed by atoms with Gasteiger partial charge in [-0.1, -0.05) is 26.0 Å². The molecule has 0 spiro atoms. The summed E-state index contributed by atoms with van der Waals surface area (Å²) >= 11 is 0. The van der Waals surface area contributed by atoms with E-state index in [1.54, 1.807) is 7.11 Å². The van der Waals surface area contributed by atoms with Gasteiger partial charge in [-0.25, -0.2) is 0 Å². The normalized spacial score (nSPS) is 14.6. The van der Waals surface area contributed by atoms with Crippen molar-refractivity contribution in [1.82, 2.24) is 4.90 Å². The number of ether oxygens (including phenoxy) is 1. The molecule has 102 valence electrons. The summed E-state index contributed by atoms with van der Waals surface area (Å²) in [7, 11) is 1.70. The number of hydrogen-bond donors (Lipinski definition) is 1. The Balaban J connectivity index is 3.02. The van der Waals surface area contributed by atoms with Crippen LogP contribution >= 0.6 is 0 Å². The molecule has 0 radical (unpaired) electrons. The molecular formula is C15H26N2O. The second-order valence-corrected chi connectivity index (χ2v) is 4.71. The average molecular weight is 250 g/mol. The standard InChI is InChI=1S/C15H26N2O/c1-5-10-17(6-2)15(12(3)16)13-8-7-9-14(11-13)18-4/h7-9,11-12,15H,5-6,10,16H2,1-4H3. The minimum atomic E-state index is 0.101. The van der Waals surface area contributed by atoms with Crippen LogP contribution in [-0.4, -0.2) is 31.1 Å². The highest BCUT2D eigenvalue weighted by molar-refractivity contribution is 5.31. The maximum absolute atomic E-state index is 6.18. The van der Waals surface area contributed by atoms with Crippen LogP contribution in [0.1, 0.15) is 38.8 Å². The lowest BCUT2D eigenvalue weighted by molar-refractivity contribution is 0.185. The van der Waals surface area contributed by atoms with Gasteiger partial charge < -0.3 is 10.5 Å². The van der Waals surface area contributed by atoms with E-state index in [0.717, 1.165) is 25.3 Å². The first-order valence-electron chi connectivity index (χ1n) is 6.77. The Labute approximate surface area is 111 Å². The molecule has 0 aliphatic carbocycles. The Morgan fingerprint density at radius 3 is 2.56 bits per heavy atom. The van der Waals surface area contributed by atoms with E-state index in [9.17, 15) is 0 Å². The Kier molecular flexibility index (Phi) is 6.16. The molecule has 0 amide bonds. The van der Waals surface area contributed by atoms with Gasteiger partial charge in [-0.05, 0) is 44.1 Å². The van der Waals surface area contributed by atoms with Gasteiger partial charge in [0.05, 0.1) is 7.11 Å². The second-order valence-electron chi connectivity index (χ2n) is 4.71. The molecule has 1 aromatic rings. The first-order chi connectivity index (χ1) is 8.63. The van der Waals surface area contributed by atoms with Crippen molar-refractivity contribution in [2.45, 2.75) is 39.3 Å². The van der Waals surface area contributed by atoms with Crippen LogP contribution in [0.3, 0.4) is 0 Å². The maximum Gasteiger partial charge on any atom is 0.119 e. The molecule has 3 nitrogen and oxygen atoms in total. The zero-order chi connectivity index (χ0) is 13.5. The molecule has 0 heterocycles. The van der Waals surface area contributed by atoms with Crippen molar-refractivity contribution >= 4 is 0 Å². The van der Waals surface area contributed by atoms with Gasteiger partial charge in [0.1, 0.15) is 5.75 Å². The largest absolute Gasteiger partial charge is 0.497 e. The van der Waals surface area contributed by atoms with Crippen molar-refractivity contribution in [3.8, 4) is 5.75 Å². The predicted molar refractivity (Wildman–Crippen MR) is 76.9 cm³/mol. The van der Waals surface area contributed by atoms with Crippen molar-refractivity contribution in [2.75, 3.05) is 20.2 Å². The number of methoxy groups -OCH3 is 1. The summed E-state index contributed by atoms with van der Waals surface area (Å²) in [6.45, 7) is 8.54. The van der Waals surface area contributed by atoms with Crippen LogP contribution in [0.4, 0.5) is 0 Å². The van der Waals surface area contributed by atoms with Crippen molar-refractivity contribution in [1.29, 1.82) is 0 Å². The number of nitrogens with zero attached hydrogens (tertiary/aromatic N) is 1. The van der Waals surface area contributed by atoms with Crippen LogP contribution in [0.15, 0.2) is 24.3 Å². The molecule has 3 heteroatoms. The van der Waals surface area contributed by atoms with Crippen LogP contribution < -0.4 is 10.5 Å². The van der Waals surface area contributed by atoms with E-state index < -0.39 is 0 Å². The highest BCUT2D eigenvalue weighted by Crippen LogP contribution is 2.26. The molecule has 0 saturated heterocycles. The van der Waals surface area contributed by atoms with E-state index in [2.05, 4.69) is 37.8 Å². The SMILES string of the molecule is CCCN(CC)C(c1cccc(OC)c1)C(C)N. The second kappa shape index (κ2) is 7.39. The van der Waals surface area contributed by atoms with Gasteiger partial charge in [0.25, 0.3) is 0 Å². The monoisotopic (exact) mass is 250 g/mol. The topological polar surface area (TPSA) is 38.5 Å². The van der Waals surface area contributed by atoms with Gasteiger partial charge in [0.15, 0.2) is 0 Å². The van der Waals surface area contributed by atoms with Gasteiger partial charge in [0, 0.05) is 12.1 Å². The highest BCUT2D eigenvalue weighted by atomic mass is 16.5. The molecule has 0 aliphatic heterocycles. The highest BCUT2D eigenvalue weighted by Gasteiger charge is 2.22. The van der Waals surface area contributed by atoms with Crippen LogP contribution in [0, 0.1) is 0 Å². The fourth-order valence-electron chi connectivity index (χ4n) is 2.45. The maximum atomic E-state index is 6.18. The lowest BCUT2D eigenvalue weighted by atomic mass is 9.98. The summed E-state index contributed by atoms with van der Waals surface area (Å²) in [5, 5.41) is 0. The number of rotatable bonds is 7. The van der Waals surface area contributed by atoms with Crippen LogP contribution in [0.2, 0.25) is 0 Å². The number of nitrogens with two attached hydrogens (primary N) is 1. The first-order valence-corrected chi connectivity index (χ1v) is 6.77. The molecule has 1 rings (SSSR count). The van der Waals surface area contributed by atoms with E-state index in [0.29, 0.717) is 0 Å². The van der Waals surface area contributed by atoms with Crippen LogP contribution in [0.25, 0.3) is 0 Å². The molecule has 2 unspecified atom stereocenters. The third-order valence-electron chi connectivity index (χ3n) is 3.24. The quantitative estimate of drug-likeness (QED) is 0.808. The smallest absolute Gasteiger partial charge is 0.119 e. The Hall–Kier alpha value is -1.06. The van der Waals surface area contributed by atoms with Crippen molar-refractivity contribution in [3.05, 3.63) is 29.8 Å². The zero-order valence-corrected chi connectivity index (χ0v) is 12.0. The summed E-state index contributed by atoms with van der Waals surface area (Å²) in [6, 6.07) is 8.58. The summed E-state index contributed by atoms with van der Waals surface area (Å²) < 4.78 is 5.30. The number of benzene rings is 1. The third-order valence-corrected chi connectivity index (χ3v) is 3.24. The molecule has 2 atom stereocenters. The minimum absolute atomic E-state index is 0.101. The summed E-state index contributed by atoms with van der Waals surface area (Å²) in [5.41, 5.74) is 7.42. The molecule has 0 saturated carbocycles. The van der Waals surface area contributed by atoms with E-state index in [1.807, 2.05) is 12.1 Å². The van der Waals surface area contributed by atoms with Gasteiger partial charge in [-0.3, -0.25) is 4.90 Å².